The second-order valence-electron chi connectivity index (χ2n) is 6.45. The highest BCUT2D eigenvalue weighted by molar-refractivity contribution is 5.68. The van der Waals surface area contributed by atoms with Crippen molar-refractivity contribution in [3.63, 3.8) is 0 Å². The summed E-state index contributed by atoms with van der Waals surface area (Å²) in [5.74, 6) is -0.149. The van der Waals surface area contributed by atoms with Gasteiger partial charge in [0, 0.05) is 6.42 Å². The molecule has 1 N–H and O–H groups in total. The zero-order valence-electron chi connectivity index (χ0n) is 14.9. The number of rotatable bonds is 16. The third kappa shape index (κ3) is 15.8. The zero-order valence-corrected chi connectivity index (χ0v) is 14.9. The summed E-state index contributed by atoms with van der Waals surface area (Å²) in [6.45, 7) is 2.26. The summed E-state index contributed by atoms with van der Waals surface area (Å²) >= 11 is 0. The van der Waals surface area contributed by atoms with Crippen molar-refractivity contribution in [2.24, 2.45) is 0 Å². The molecule has 0 aromatic heterocycles. The van der Waals surface area contributed by atoms with Crippen LogP contribution in [0.25, 0.3) is 0 Å². The minimum Gasteiger partial charge on any atom is -0.469 e. The summed E-state index contributed by atoms with van der Waals surface area (Å²) in [6, 6.07) is 0. The molecular formula is C19H38O3. The molecule has 1 atom stereocenters. The fourth-order valence-corrected chi connectivity index (χ4v) is 2.76. The predicted octanol–water partition coefficient (Wildman–Crippen LogP) is 5.39. The van der Waals surface area contributed by atoms with Crippen molar-refractivity contribution in [1.29, 1.82) is 0 Å². The molecule has 0 aromatic rings. The van der Waals surface area contributed by atoms with Gasteiger partial charge >= 0.3 is 5.97 Å². The molecule has 0 heterocycles. The van der Waals surface area contributed by atoms with Gasteiger partial charge in [0.2, 0.25) is 0 Å². The Bertz CT molecular complexity index is 241. The van der Waals surface area contributed by atoms with Gasteiger partial charge in [-0.15, -0.1) is 0 Å². The molecule has 0 bridgehead atoms. The molecular weight excluding hydrogens is 276 g/mol. The van der Waals surface area contributed by atoms with E-state index < -0.39 is 0 Å². The van der Waals surface area contributed by atoms with Gasteiger partial charge < -0.3 is 9.84 Å². The standard InChI is InChI=1S/C19H38O3/c1-3-4-5-6-7-8-9-10-11-12-15-18(20)16-13-14-17-19(21)22-2/h18,20H,3-17H2,1-2H3/t18-/m0/s1. The van der Waals surface area contributed by atoms with Crippen LogP contribution in [0.2, 0.25) is 0 Å². The first-order chi connectivity index (χ1) is 10.7. The Morgan fingerprint density at radius 2 is 1.27 bits per heavy atom. The highest BCUT2D eigenvalue weighted by Gasteiger charge is 2.05. The van der Waals surface area contributed by atoms with Gasteiger partial charge in [-0.05, 0) is 19.3 Å². The van der Waals surface area contributed by atoms with E-state index in [1.807, 2.05) is 0 Å². The molecule has 132 valence electrons. The number of hydrogen-bond acceptors (Lipinski definition) is 3. The molecule has 3 heteroatoms. The zero-order chi connectivity index (χ0) is 16.5. The summed E-state index contributed by atoms with van der Waals surface area (Å²) in [7, 11) is 1.42. The van der Waals surface area contributed by atoms with Gasteiger partial charge in [0.1, 0.15) is 0 Å². The van der Waals surface area contributed by atoms with Crippen LogP contribution < -0.4 is 0 Å². The number of hydrogen-bond donors (Lipinski definition) is 1. The fourth-order valence-electron chi connectivity index (χ4n) is 2.76. The Kier molecular flexibility index (Phi) is 16.4. The van der Waals surface area contributed by atoms with Crippen molar-refractivity contribution in [2.75, 3.05) is 7.11 Å². The van der Waals surface area contributed by atoms with E-state index in [1.54, 1.807) is 0 Å². The van der Waals surface area contributed by atoms with E-state index in [9.17, 15) is 9.90 Å². The summed E-state index contributed by atoms with van der Waals surface area (Å²) < 4.78 is 4.59. The lowest BCUT2D eigenvalue weighted by Gasteiger charge is -2.10. The van der Waals surface area contributed by atoms with Gasteiger partial charge in [-0.3, -0.25) is 4.79 Å². The Balaban J connectivity index is 3.18. The van der Waals surface area contributed by atoms with Crippen LogP contribution in [-0.4, -0.2) is 24.3 Å². The molecule has 0 saturated heterocycles. The Labute approximate surface area is 137 Å². The van der Waals surface area contributed by atoms with Crippen LogP contribution in [0.5, 0.6) is 0 Å². The lowest BCUT2D eigenvalue weighted by atomic mass is 10.0. The second-order valence-corrected chi connectivity index (χ2v) is 6.45. The molecule has 0 aliphatic heterocycles. The molecule has 0 rings (SSSR count). The maximum Gasteiger partial charge on any atom is 0.305 e. The van der Waals surface area contributed by atoms with E-state index in [0.717, 1.165) is 32.1 Å². The molecule has 0 unspecified atom stereocenters. The van der Waals surface area contributed by atoms with Crippen LogP contribution in [0.3, 0.4) is 0 Å². The van der Waals surface area contributed by atoms with E-state index in [2.05, 4.69) is 11.7 Å². The minimum absolute atomic E-state index is 0.149. The maximum absolute atomic E-state index is 10.9. The lowest BCUT2D eigenvalue weighted by molar-refractivity contribution is -0.140. The summed E-state index contributed by atoms with van der Waals surface area (Å²) in [5.41, 5.74) is 0. The molecule has 0 spiro atoms. The van der Waals surface area contributed by atoms with Crippen molar-refractivity contribution >= 4 is 5.97 Å². The van der Waals surface area contributed by atoms with Crippen LogP contribution in [0, 0.1) is 0 Å². The number of unbranched alkanes of at least 4 members (excludes halogenated alkanes) is 10. The summed E-state index contributed by atoms with van der Waals surface area (Å²) in [4.78, 5) is 10.9. The molecule has 0 amide bonds. The first kappa shape index (κ1) is 21.4. The average molecular weight is 315 g/mol. The number of methoxy groups -OCH3 is 1. The predicted molar refractivity (Wildman–Crippen MR) is 93.0 cm³/mol. The third-order valence-electron chi connectivity index (χ3n) is 4.29. The van der Waals surface area contributed by atoms with Gasteiger partial charge in [-0.25, -0.2) is 0 Å². The van der Waals surface area contributed by atoms with Crippen molar-refractivity contribution in [3.05, 3.63) is 0 Å². The number of esters is 1. The SMILES string of the molecule is CCCCCCCCCCCC[C@H](O)CCCCC(=O)OC. The molecule has 0 aliphatic rings. The fraction of sp³-hybridized carbons (Fsp3) is 0.947. The normalized spacial score (nSPS) is 12.3. The molecule has 3 nitrogen and oxygen atoms in total. The van der Waals surface area contributed by atoms with Crippen LogP contribution >= 0.6 is 0 Å². The van der Waals surface area contributed by atoms with Crippen molar-refractivity contribution in [2.45, 2.75) is 109 Å². The number of carbonyl (C=O) groups excluding carboxylic acids is 1. The first-order valence-corrected chi connectivity index (χ1v) is 9.45. The maximum atomic E-state index is 10.9. The van der Waals surface area contributed by atoms with E-state index >= 15 is 0 Å². The van der Waals surface area contributed by atoms with Crippen LogP contribution in [0.1, 0.15) is 103 Å². The Hall–Kier alpha value is -0.570. The average Bonchev–Trinajstić information content (AvgIpc) is 2.53. The Morgan fingerprint density at radius 1 is 0.818 bits per heavy atom. The number of carbonyl (C=O) groups is 1. The van der Waals surface area contributed by atoms with Crippen molar-refractivity contribution in [3.8, 4) is 0 Å². The molecule has 0 aliphatic carbocycles. The highest BCUT2D eigenvalue weighted by Crippen LogP contribution is 2.14. The quantitative estimate of drug-likeness (QED) is 0.307. The molecule has 0 saturated carbocycles. The smallest absolute Gasteiger partial charge is 0.305 e. The van der Waals surface area contributed by atoms with E-state index in [1.165, 1.54) is 64.9 Å². The number of aliphatic hydroxyl groups excluding tert-OH is 1. The van der Waals surface area contributed by atoms with Crippen molar-refractivity contribution in [1.82, 2.24) is 0 Å². The Morgan fingerprint density at radius 3 is 1.77 bits per heavy atom. The van der Waals surface area contributed by atoms with Gasteiger partial charge in [-0.2, -0.15) is 0 Å². The van der Waals surface area contributed by atoms with Gasteiger partial charge in [0.05, 0.1) is 13.2 Å². The van der Waals surface area contributed by atoms with E-state index in [4.69, 9.17) is 0 Å². The van der Waals surface area contributed by atoms with E-state index in [0.29, 0.717) is 6.42 Å². The minimum atomic E-state index is -0.188. The van der Waals surface area contributed by atoms with Crippen LogP contribution in [0.15, 0.2) is 0 Å². The summed E-state index contributed by atoms with van der Waals surface area (Å²) in [5, 5.41) is 9.88. The topological polar surface area (TPSA) is 46.5 Å². The molecule has 0 fully saturated rings. The van der Waals surface area contributed by atoms with Gasteiger partial charge in [-0.1, -0.05) is 77.6 Å². The highest BCUT2D eigenvalue weighted by atomic mass is 16.5. The largest absolute Gasteiger partial charge is 0.469 e. The molecule has 0 radical (unpaired) electrons. The first-order valence-electron chi connectivity index (χ1n) is 9.45. The monoisotopic (exact) mass is 314 g/mol. The van der Waals surface area contributed by atoms with E-state index in [-0.39, 0.29) is 12.1 Å². The molecule has 22 heavy (non-hydrogen) atoms. The number of aliphatic hydroxyl groups is 1. The summed E-state index contributed by atoms with van der Waals surface area (Å²) in [6.07, 6.45) is 17.1. The van der Waals surface area contributed by atoms with Gasteiger partial charge in [0.25, 0.3) is 0 Å². The number of ether oxygens (including phenoxy) is 1. The second kappa shape index (κ2) is 16.8. The third-order valence-corrected chi connectivity index (χ3v) is 4.29. The molecule has 0 aromatic carbocycles. The van der Waals surface area contributed by atoms with Crippen LogP contribution in [-0.2, 0) is 9.53 Å². The van der Waals surface area contributed by atoms with Gasteiger partial charge in [0.15, 0.2) is 0 Å². The van der Waals surface area contributed by atoms with Crippen LogP contribution in [0.4, 0.5) is 0 Å². The van der Waals surface area contributed by atoms with Crippen molar-refractivity contribution < 1.29 is 14.6 Å². The lowest BCUT2D eigenvalue weighted by Crippen LogP contribution is -2.07.